The fourth-order valence-electron chi connectivity index (χ4n) is 2.38. The number of hydrogen-bond acceptors (Lipinski definition) is 3. The van der Waals surface area contributed by atoms with Crippen molar-refractivity contribution in [2.24, 2.45) is 0 Å². The van der Waals surface area contributed by atoms with Gasteiger partial charge >= 0.3 is 7.12 Å². The average molecular weight is 243 g/mol. The van der Waals surface area contributed by atoms with E-state index in [4.69, 9.17) is 9.31 Å². The maximum absolute atomic E-state index is 6.09. The highest BCUT2D eigenvalue weighted by atomic mass is 16.7. The Morgan fingerprint density at radius 2 is 1.78 bits per heavy atom. The van der Waals surface area contributed by atoms with Gasteiger partial charge in [0.2, 0.25) is 0 Å². The summed E-state index contributed by atoms with van der Waals surface area (Å²) in [5.74, 6) is 0. The summed E-state index contributed by atoms with van der Waals surface area (Å²) < 4.78 is 12.2. The van der Waals surface area contributed by atoms with Crippen LogP contribution in [0.2, 0.25) is 0 Å². The number of rotatable bonds is 1. The average Bonchev–Trinajstić information content (AvgIpc) is 2.81. The van der Waals surface area contributed by atoms with Gasteiger partial charge in [-0.15, -0.1) is 0 Å². The van der Waals surface area contributed by atoms with Crippen molar-refractivity contribution in [3.05, 3.63) is 29.6 Å². The second kappa shape index (κ2) is 3.68. The number of aromatic nitrogens is 1. The van der Waals surface area contributed by atoms with Crippen molar-refractivity contribution in [3.8, 4) is 0 Å². The Morgan fingerprint density at radius 3 is 2.44 bits per heavy atom. The molecule has 4 heteroatoms. The molecule has 1 aliphatic carbocycles. The van der Waals surface area contributed by atoms with Crippen LogP contribution in [0.5, 0.6) is 0 Å². The van der Waals surface area contributed by atoms with E-state index in [1.807, 2.05) is 12.4 Å². The van der Waals surface area contributed by atoms with Gasteiger partial charge in [0, 0.05) is 17.9 Å². The summed E-state index contributed by atoms with van der Waals surface area (Å²) in [7, 11) is -0.308. The maximum atomic E-state index is 6.09. The zero-order valence-electron chi connectivity index (χ0n) is 11.4. The molecule has 3 rings (SSSR count). The van der Waals surface area contributed by atoms with E-state index in [9.17, 15) is 0 Å². The van der Waals surface area contributed by atoms with Gasteiger partial charge in [-0.2, -0.15) is 0 Å². The van der Waals surface area contributed by atoms with Gasteiger partial charge in [0.1, 0.15) is 0 Å². The van der Waals surface area contributed by atoms with E-state index in [1.54, 1.807) is 0 Å². The van der Waals surface area contributed by atoms with Gasteiger partial charge in [-0.25, -0.2) is 0 Å². The predicted molar refractivity (Wildman–Crippen MR) is 72.7 cm³/mol. The molecule has 18 heavy (non-hydrogen) atoms. The van der Waals surface area contributed by atoms with Crippen molar-refractivity contribution in [1.82, 2.24) is 4.98 Å². The topological polar surface area (TPSA) is 31.4 Å². The third-order valence-electron chi connectivity index (χ3n) is 4.25. The second-order valence-corrected chi connectivity index (χ2v) is 5.99. The lowest BCUT2D eigenvalue weighted by Gasteiger charge is -2.32. The lowest BCUT2D eigenvalue weighted by molar-refractivity contribution is 0.00578. The smallest absolute Gasteiger partial charge is 0.399 e. The lowest BCUT2D eigenvalue weighted by atomic mass is 9.76. The van der Waals surface area contributed by atoms with Gasteiger partial charge in [-0.05, 0) is 45.2 Å². The van der Waals surface area contributed by atoms with Crippen molar-refractivity contribution in [3.63, 3.8) is 0 Å². The number of hydrogen-bond donors (Lipinski definition) is 0. The Bertz CT molecular complexity index is 507. The Kier molecular flexibility index (Phi) is 2.44. The van der Waals surface area contributed by atoms with Crippen LogP contribution < -0.4 is 5.46 Å². The Labute approximate surface area is 108 Å². The molecule has 2 heterocycles. The molecule has 1 fully saturated rings. The summed E-state index contributed by atoms with van der Waals surface area (Å²) in [6, 6.07) is 0. The molecule has 0 spiro atoms. The molecule has 94 valence electrons. The number of pyridine rings is 1. The fourth-order valence-corrected chi connectivity index (χ4v) is 2.38. The monoisotopic (exact) mass is 243 g/mol. The summed E-state index contributed by atoms with van der Waals surface area (Å²) in [6.45, 7) is 8.29. The van der Waals surface area contributed by atoms with Gasteiger partial charge in [0.05, 0.1) is 11.2 Å². The van der Waals surface area contributed by atoms with E-state index >= 15 is 0 Å². The van der Waals surface area contributed by atoms with Crippen molar-refractivity contribution in [2.45, 2.75) is 45.3 Å². The van der Waals surface area contributed by atoms with E-state index < -0.39 is 0 Å². The van der Waals surface area contributed by atoms with Crippen LogP contribution >= 0.6 is 0 Å². The minimum Gasteiger partial charge on any atom is -0.399 e. The minimum atomic E-state index is -0.308. The minimum absolute atomic E-state index is 0.299. The van der Waals surface area contributed by atoms with Crippen LogP contribution in [-0.4, -0.2) is 23.3 Å². The highest BCUT2D eigenvalue weighted by Crippen LogP contribution is 2.37. The zero-order valence-corrected chi connectivity index (χ0v) is 11.4. The molecule has 0 radical (unpaired) electrons. The molecule has 1 aliphatic heterocycles. The Morgan fingerprint density at radius 1 is 1.11 bits per heavy atom. The first kappa shape index (κ1) is 11.9. The van der Waals surface area contributed by atoms with Crippen molar-refractivity contribution < 1.29 is 9.31 Å². The van der Waals surface area contributed by atoms with Crippen LogP contribution in [0.25, 0.3) is 6.08 Å². The molecule has 0 aromatic carbocycles. The molecule has 1 saturated heterocycles. The Balaban J connectivity index is 1.97. The van der Waals surface area contributed by atoms with Gasteiger partial charge in [-0.3, -0.25) is 4.98 Å². The van der Waals surface area contributed by atoms with Gasteiger partial charge in [0.25, 0.3) is 0 Å². The molecule has 3 nitrogen and oxygen atoms in total. The van der Waals surface area contributed by atoms with Crippen LogP contribution in [0.1, 0.15) is 38.8 Å². The Hall–Kier alpha value is -1.13. The zero-order chi connectivity index (χ0) is 13.0. The van der Waals surface area contributed by atoms with E-state index in [0.29, 0.717) is 0 Å². The van der Waals surface area contributed by atoms with Crippen LogP contribution in [0.4, 0.5) is 0 Å². The van der Waals surface area contributed by atoms with Crippen molar-refractivity contribution >= 4 is 18.7 Å². The molecule has 2 aliphatic rings. The van der Waals surface area contributed by atoms with Crippen LogP contribution in [0.15, 0.2) is 18.5 Å². The fraction of sp³-hybridized carbons (Fsp3) is 0.500. The van der Waals surface area contributed by atoms with E-state index in [0.717, 1.165) is 11.9 Å². The normalized spacial score (nSPS) is 23.4. The third kappa shape index (κ3) is 1.63. The molecule has 1 aromatic rings. The summed E-state index contributed by atoms with van der Waals surface area (Å²) >= 11 is 0. The number of fused-ring (bicyclic) bond motifs is 1. The highest BCUT2D eigenvalue weighted by molar-refractivity contribution is 6.62. The first-order valence-electron chi connectivity index (χ1n) is 6.40. The predicted octanol–water partition coefficient (Wildman–Crippen LogP) is 1.95. The van der Waals surface area contributed by atoms with E-state index in [1.165, 1.54) is 11.1 Å². The molecule has 0 bridgehead atoms. The summed E-state index contributed by atoms with van der Waals surface area (Å²) in [4.78, 5) is 4.29. The molecular weight excluding hydrogens is 225 g/mol. The standard InChI is InChI=1S/C14H18BNO2/c1-13(2)14(3,4)18-15(17-13)12-9-16-8-10-6-5-7-11(10)12/h5-6,8-9H,7H2,1-4H3. The first-order valence-corrected chi connectivity index (χ1v) is 6.40. The molecule has 0 saturated carbocycles. The summed E-state index contributed by atoms with van der Waals surface area (Å²) in [5.41, 5.74) is 2.93. The number of nitrogens with zero attached hydrogens (tertiary/aromatic N) is 1. The van der Waals surface area contributed by atoms with Crippen LogP contribution in [0.3, 0.4) is 0 Å². The molecule has 0 N–H and O–H groups in total. The molecular formula is C14H18BNO2. The van der Waals surface area contributed by atoms with E-state index in [2.05, 4.69) is 44.8 Å². The van der Waals surface area contributed by atoms with E-state index in [-0.39, 0.29) is 18.3 Å². The molecule has 0 atom stereocenters. The lowest BCUT2D eigenvalue weighted by Crippen LogP contribution is -2.41. The van der Waals surface area contributed by atoms with Crippen molar-refractivity contribution in [1.29, 1.82) is 0 Å². The SMILES string of the molecule is CC1(C)OB(c2cncc3c2CC=C3)OC1(C)C. The van der Waals surface area contributed by atoms with Crippen molar-refractivity contribution in [2.75, 3.05) is 0 Å². The highest BCUT2D eigenvalue weighted by Gasteiger charge is 2.52. The molecule has 1 aromatic heterocycles. The van der Waals surface area contributed by atoms with Gasteiger partial charge in [0.15, 0.2) is 0 Å². The van der Waals surface area contributed by atoms with Gasteiger partial charge in [-0.1, -0.05) is 12.2 Å². The number of allylic oxidation sites excluding steroid dienone is 1. The third-order valence-corrected chi connectivity index (χ3v) is 4.25. The van der Waals surface area contributed by atoms with Crippen LogP contribution in [0, 0.1) is 0 Å². The van der Waals surface area contributed by atoms with Gasteiger partial charge < -0.3 is 9.31 Å². The molecule has 0 unspecified atom stereocenters. The maximum Gasteiger partial charge on any atom is 0.496 e. The summed E-state index contributed by atoms with van der Waals surface area (Å²) in [6.07, 6.45) is 8.97. The largest absolute Gasteiger partial charge is 0.496 e. The first-order chi connectivity index (χ1) is 8.41. The summed E-state index contributed by atoms with van der Waals surface area (Å²) in [5, 5.41) is 0. The second-order valence-electron chi connectivity index (χ2n) is 5.99. The molecule has 0 amide bonds. The quantitative estimate of drug-likeness (QED) is 0.706. The van der Waals surface area contributed by atoms with Crippen LogP contribution in [-0.2, 0) is 15.7 Å².